The summed E-state index contributed by atoms with van der Waals surface area (Å²) in [5, 5.41) is 36.0. The molecular weight excluding hydrogens is 492 g/mol. The third kappa shape index (κ3) is 9.07. The van der Waals surface area contributed by atoms with E-state index in [1.165, 1.54) is 31.2 Å². The molecule has 0 spiro atoms. The number of aliphatic carboxylic acids is 1. The Bertz CT molecular complexity index is 1110. The van der Waals surface area contributed by atoms with Crippen molar-refractivity contribution in [2.24, 2.45) is 11.7 Å². The zero-order valence-corrected chi connectivity index (χ0v) is 21.7. The number of hydrogen-bond donors (Lipinski definition) is 7. The standard InChI is InChI=1S/C27H36N4O7/c1-4-15(2)23(27(37)38)31-24(34)16(3)29-26(36)22(14-18-7-11-20(33)12-8-18)30-25(35)21(28)13-17-5-9-19(32)10-6-17/h5-12,15-16,21-23,32-33H,4,13-14,28H2,1-3H3,(H,29,36)(H,30,35)(H,31,34)(H,37,38). The third-order valence-electron chi connectivity index (χ3n) is 6.27. The van der Waals surface area contributed by atoms with Crippen LogP contribution in [-0.4, -0.2) is 63.2 Å². The minimum Gasteiger partial charge on any atom is -0.508 e. The molecule has 5 atom stereocenters. The maximum atomic E-state index is 13.2. The minimum absolute atomic E-state index is 0.0364. The first kappa shape index (κ1) is 30.1. The van der Waals surface area contributed by atoms with Crippen molar-refractivity contribution in [1.29, 1.82) is 0 Å². The van der Waals surface area contributed by atoms with E-state index in [1.54, 1.807) is 38.1 Å². The van der Waals surface area contributed by atoms with Gasteiger partial charge in [0.15, 0.2) is 0 Å². The molecule has 0 saturated carbocycles. The first-order valence-corrected chi connectivity index (χ1v) is 12.4. The van der Waals surface area contributed by atoms with E-state index in [4.69, 9.17) is 5.73 Å². The van der Waals surface area contributed by atoms with Gasteiger partial charge in [0.1, 0.15) is 29.6 Å². The lowest BCUT2D eigenvalue weighted by Crippen LogP contribution is -2.57. The van der Waals surface area contributed by atoms with Gasteiger partial charge in [-0.15, -0.1) is 0 Å². The summed E-state index contributed by atoms with van der Waals surface area (Å²) in [4.78, 5) is 50.2. The van der Waals surface area contributed by atoms with Crippen molar-refractivity contribution in [3.05, 3.63) is 59.7 Å². The van der Waals surface area contributed by atoms with Crippen molar-refractivity contribution in [3.63, 3.8) is 0 Å². The molecule has 0 fully saturated rings. The van der Waals surface area contributed by atoms with E-state index in [0.717, 1.165) is 0 Å². The molecule has 3 amide bonds. The second-order valence-corrected chi connectivity index (χ2v) is 9.35. The summed E-state index contributed by atoms with van der Waals surface area (Å²) in [7, 11) is 0. The number of hydrogen-bond acceptors (Lipinski definition) is 7. The lowest BCUT2D eigenvalue weighted by atomic mass is 9.99. The van der Waals surface area contributed by atoms with Gasteiger partial charge in [-0.05, 0) is 54.7 Å². The Labute approximate surface area is 221 Å². The molecule has 2 aromatic rings. The number of nitrogens with two attached hydrogens (primary N) is 1. The van der Waals surface area contributed by atoms with Gasteiger partial charge in [0.25, 0.3) is 0 Å². The Kier molecular flexibility index (Phi) is 11.1. The molecule has 0 radical (unpaired) electrons. The summed E-state index contributed by atoms with van der Waals surface area (Å²) in [6.45, 7) is 4.92. The summed E-state index contributed by atoms with van der Waals surface area (Å²) in [6, 6.07) is 7.98. The average Bonchev–Trinajstić information content (AvgIpc) is 2.88. The van der Waals surface area contributed by atoms with Gasteiger partial charge >= 0.3 is 5.97 Å². The Balaban J connectivity index is 2.13. The van der Waals surface area contributed by atoms with Crippen LogP contribution in [0.4, 0.5) is 0 Å². The van der Waals surface area contributed by atoms with Crippen molar-refractivity contribution >= 4 is 23.7 Å². The first-order valence-electron chi connectivity index (χ1n) is 12.4. The number of nitrogens with one attached hydrogen (secondary N) is 3. The molecule has 5 unspecified atom stereocenters. The quantitative estimate of drug-likeness (QED) is 0.199. The summed E-state index contributed by atoms with van der Waals surface area (Å²) in [6.07, 6.45) is 0.733. The largest absolute Gasteiger partial charge is 0.508 e. The topological polar surface area (TPSA) is 191 Å². The number of benzene rings is 2. The molecule has 8 N–H and O–H groups in total. The van der Waals surface area contributed by atoms with Gasteiger partial charge in [-0.2, -0.15) is 0 Å². The van der Waals surface area contributed by atoms with Gasteiger partial charge in [0.05, 0.1) is 6.04 Å². The van der Waals surface area contributed by atoms with Crippen LogP contribution >= 0.6 is 0 Å². The van der Waals surface area contributed by atoms with E-state index >= 15 is 0 Å². The molecule has 38 heavy (non-hydrogen) atoms. The minimum atomic E-state index is -1.17. The monoisotopic (exact) mass is 528 g/mol. The van der Waals surface area contributed by atoms with E-state index in [9.17, 15) is 34.5 Å². The van der Waals surface area contributed by atoms with Crippen LogP contribution in [0.1, 0.15) is 38.3 Å². The summed E-state index contributed by atoms with van der Waals surface area (Å²) in [5.74, 6) is -3.33. The van der Waals surface area contributed by atoms with Crippen LogP contribution in [0, 0.1) is 5.92 Å². The lowest BCUT2D eigenvalue weighted by Gasteiger charge is -2.25. The van der Waals surface area contributed by atoms with Crippen molar-refractivity contribution in [3.8, 4) is 11.5 Å². The van der Waals surface area contributed by atoms with Crippen LogP contribution in [0.25, 0.3) is 0 Å². The first-order chi connectivity index (χ1) is 17.9. The number of phenolic OH excluding ortho intramolecular Hbond substituents is 2. The van der Waals surface area contributed by atoms with Crippen molar-refractivity contribution in [2.45, 2.75) is 64.2 Å². The molecule has 11 heteroatoms. The SMILES string of the molecule is CCC(C)C(NC(=O)C(C)NC(=O)C(Cc1ccc(O)cc1)NC(=O)C(N)Cc1ccc(O)cc1)C(=O)O. The number of carbonyl (C=O) groups excluding carboxylic acids is 3. The molecule has 0 saturated heterocycles. The van der Waals surface area contributed by atoms with Crippen LogP contribution in [0.2, 0.25) is 0 Å². The van der Waals surface area contributed by atoms with Crippen molar-refractivity contribution < 1.29 is 34.5 Å². The zero-order chi connectivity index (χ0) is 28.4. The van der Waals surface area contributed by atoms with Crippen LogP contribution in [0.3, 0.4) is 0 Å². The molecule has 0 aliphatic carbocycles. The molecule has 0 heterocycles. The van der Waals surface area contributed by atoms with Gasteiger partial charge in [-0.3, -0.25) is 14.4 Å². The van der Waals surface area contributed by atoms with E-state index in [-0.39, 0.29) is 30.3 Å². The highest BCUT2D eigenvalue weighted by molar-refractivity contribution is 5.94. The normalized spacial score (nSPS) is 14.8. The molecule has 2 rings (SSSR count). The molecule has 11 nitrogen and oxygen atoms in total. The predicted molar refractivity (Wildman–Crippen MR) is 140 cm³/mol. The smallest absolute Gasteiger partial charge is 0.326 e. The fraction of sp³-hybridized carbons (Fsp3) is 0.407. The van der Waals surface area contributed by atoms with Crippen LogP contribution in [0.15, 0.2) is 48.5 Å². The van der Waals surface area contributed by atoms with Crippen molar-refractivity contribution in [1.82, 2.24) is 16.0 Å². The highest BCUT2D eigenvalue weighted by Crippen LogP contribution is 2.13. The molecule has 0 aliphatic rings. The molecular formula is C27H36N4O7. The number of phenols is 2. The maximum Gasteiger partial charge on any atom is 0.326 e. The fourth-order valence-corrected chi connectivity index (χ4v) is 3.68. The number of amides is 3. The zero-order valence-electron chi connectivity index (χ0n) is 21.7. The average molecular weight is 529 g/mol. The second-order valence-electron chi connectivity index (χ2n) is 9.35. The Morgan fingerprint density at radius 1 is 0.763 bits per heavy atom. The maximum absolute atomic E-state index is 13.2. The van der Waals surface area contributed by atoms with Gasteiger partial charge in [0, 0.05) is 6.42 Å². The molecule has 0 aliphatic heterocycles. The van der Waals surface area contributed by atoms with Gasteiger partial charge < -0.3 is 37.0 Å². The highest BCUT2D eigenvalue weighted by Gasteiger charge is 2.30. The molecule has 0 aromatic heterocycles. The predicted octanol–water partition coefficient (Wildman–Crippen LogP) is 0.815. The Hall–Kier alpha value is -4.12. The van der Waals surface area contributed by atoms with Gasteiger partial charge in [-0.25, -0.2) is 4.79 Å². The molecule has 0 bridgehead atoms. The Morgan fingerprint density at radius 3 is 1.74 bits per heavy atom. The summed E-state index contributed by atoms with van der Waals surface area (Å²) < 4.78 is 0. The van der Waals surface area contributed by atoms with Gasteiger partial charge in [0.2, 0.25) is 17.7 Å². The van der Waals surface area contributed by atoms with E-state index < -0.39 is 47.9 Å². The lowest BCUT2D eigenvalue weighted by molar-refractivity contribution is -0.143. The van der Waals surface area contributed by atoms with Crippen LogP contribution < -0.4 is 21.7 Å². The summed E-state index contributed by atoms with van der Waals surface area (Å²) >= 11 is 0. The van der Waals surface area contributed by atoms with E-state index in [0.29, 0.717) is 17.5 Å². The fourth-order valence-electron chi connectivity index (χ4n) is 3.68. The number of carbonyl (C=O) groups is 4. The number of aromatic hydroxyl groups is 2. The van der Waals surface area contributed by atoms with Crippen molar-refractivity contribution in [2.75, 3.05) is 0 Å². The van der Waals surface area contributed by atoms with Crippen LogP contribution in [-0.2, 0) is 32.0 Å². The van der Waals surface area contributed by atoms with Gasteiger partial charge in [-0.1, -0.05) is 44.5 Å². The van der Waals surface area contributed by atoms with Crippen LogP contribution in [0.5, 0.6) is 11.5 Å². The molecule has 206 valence electrons. The number of carboxylic acid groups (broad SMARTS) is 1. The third-order valence-corrected chi connectivity index (χ3v) is 6.27. The second kappa shape index (κ2) is 14.0. The Morgan fingerprint density at radius 2 is 1.26 bits per heavy atom. The highest BCUT2D eigenvalue weighted by atomic mass is 16.4. The summed E-state index contributed by atoms with van der Waals surface area (Å²) in [5.41, 5.74) is 7.41. The number of rotatable bonds is 13. The number of carboxylic acids is 1. The van der Waals surface area contributed by atoms with E-state index in [2.05, 4.69) is 16.0 Å². The van der Waals surface area contributed by atoms with E-state index in [1.807, 2.05) is 0 Å². The molecule has 2 aromatic carbocycles.